The Kier molecular flexibility index (Phi) is 6.88. The standard InChI is InChI=1S/C20H26N2O3/c1-4-6-14-22-18(23)12-11-16(20(24)21-13-5-2)19(22)15-9-7-8-10-17(15)25-3/h2,7-10,16,19H,4,6,11-14H2,1,3H3,(H,21,24)/t16-,19-/m0/s1. The molecule has 0 radical (unpaired) electrons. The number of methoxy groups -OCH3 is 1. The van der Waals surface area contributed by atoms with Gasteiger partial charge in [-0.15, -0.1) is 6.42 Å². The Hall–Kier alpha value is -2.48. The average Bonchev–Trinajstić information content (AvgIpc) is 2.64. The summed E-state index contributed by atoms with van der Waals surface area (Å²) in [5.41, 5.74) is 0.870. The van der Waals surface area contributed by atoms with Crippen LogP contribution in [0, 0.1) is 18.3 Å². The lowest BCUT2D eigenvalue weighted by Crippen LogP contribution is -2.48. The molecular formula is C20H26N2O3. The van der Waals surface area contributed by atoms with Gasteiger partial charge in [-0.05, 0) is 18.9 Å². The zero-order chi connectivity index (χ0) is 18.2. The smallest absolute Gasteiger partial charge is 0.226 e. The van der Waals surface area contributed by atoms with Crippen molar-refractivity contribution < 1.29 is 14.3 Å². The molecule has 1 fully saturated rings. The Morgan fingerprint density at radius 1 is 1.44 bits per heavy atom. The number of para-hydroxylation sites is 1. The molecule has 2 amide bonds. The number of likely N-dealkylation sites (tertiary alicyclic amines) is 1. The summed E-state index contributed by atoms with van der Waals surface area (Å²) in [5, 5.41) is 2.78. The second-order valence-corrected chi connectivity index (χ2v) is 6.19. The molecule has 1 saturated heterocycles. The minimum absolute atomic E-state index is 0.0883. The van der Waals surface area contributed by atoms with Gasteiger partial charge in [-0.3, -0.25) is 9.59 Å². The van der Waals surface area contributed by atoms with Crippen molar-refractivity contribution in [3.63, 3.8) is 0 Å². The highest BCUT2D eigenvalue weighted by atomic mass is 16.5. The maximum atomic E-state index is 12.7. The van der Waals surface area contributed by atoms with E-state index in [1.807, 2.05) is 29.2 Å². The largest absolute Gasteiger partial charge is 0.496 e. The Balaban J connectivity index is 2.42. The quantitative estimate of drug-likeness (QED) is 0.775. The van der Waals surface area contributed by atoms with Crippen molar-refractivity contribution in [2.24, 2.45) is 5.92 Å². The minimum atomic E-state index is -0.334. The van der Waals surface area contributed by atoms with E-state index in [1.165, 1.54) is 0 Å². The number of hydrogen-bond donors (Lipinski definition) is 1. The third kappa shape index (κ3) is 4.33. The monoisotopic (exact) mass is 342 g/mol. The van der Waals surface area contributed by atoms with E-state index in [2.05, 4.69) is 18.2 Å². The maximum absolute atomic E-state index is 12.7. The highest BCUT2D eigenvalue weighted by Crippen LogP contribution is 2.40. The van der Waals surface area contributed by atoms with Crippen LogP contribution in [0.15, 0.2) is 24.3 Å². The van der Waals surface area contributed by atoms with Crippen molar-refractivity contribution >= 4 is 11.8 Å². The summed E-state index contributed by atoms with van der Waals surface area (Å²) in [7, 11) is 1.60. The van der Waals surface area contributed by atoms with Gasteiger partial charge in [-0.25, -0.2) is 0 Å². The predicted octanol–water partition coefficient (Wildman–Crippen LogP) is 2.52. The topological polar surface area (TPSA) is 58.6 Å². The lowest BCUT2D eigenvalue weighted by atomic mass is 9.83. The van der Waals surface area contributed by atoms with Crippen molar-refractivity contribution in [2.75, 3.05) is 20.2 Å². The molecule has 2 rings (SSSR count). The number of rotatable bonds is 7. The first-order valence-electron chi connectivity index (χ1n) is 8.77. The van der Waals surface area contributed by atoms with E-state index >= 15 is 0 Å². The first-order valence-corrected chi connectivity index (χ1v) is 8.77. The van der Waals surface area contributed by atoms with Gasteiger partial charge >= 0.3 is 0 Å². The Labute approximate surface area is 149 Å². The van der Waals surface area contributed by atoms with E-state index in [0.29, 0.717) is 25.1 Å². The van der Waals surface area contributed by atoms with Crippen LogP contribution in [-0.2, 0) is 9.59 Å². The van der Waals surface area contributed by atoms with Crippen molar-refractivity contribution in [1.82, 2.24) is 10.2 Å². The molecule has 1 heterocycles. The molecule has 1 aliphatic heterocycles. The molecule has 0 spiro atoms. The number of carbonyl (C=O) groups excluding carboxylic acids is 2. The van der Waals surface area contributed by atoms with Crippen LogP contribution in [0.3, 0.4) is 0 Å². The van der Waals surface area contributed by atoms with Crippen LogP contribution >= 0.6 is 0 Å². The molecule has 0 unspecified atom stereocenters. The molecule has 0 aliphatic carbocycles. The number of terminal acetylenes is 1. The van der Waals surface area contributed by atoms with Gasteiger partial charge in [-0.1, -0.05) is 37.5 Å². The number of ether oxygens (including phenoxy) is 1. The molecule has 0 aromatic heterocycles. The fourth-order valence-electron chi connectivity index (χ4n) is 3.38. The SMILES string of the molecule is C#CCNC(=O)[C@H]1CCC(=O)N(CCCC)[C@H]1c1ccccc1OC. The minimum Gasteiger partial charge on any atom is -0.496 e. The van der Waals surface area contributed by atoms with E-state index in [9.17, 15) is 9.59 Å². The molecule has 2 atom stereocenters. The van der Waals surface area contributed by atoms with Crippen LogP contribution < -0.4 is 10.1 Å². The molecule has 1 N–H and O–H groups in total. The van der Waals surface area contributed by atoms with Gasteiger partial charge in [0.25, 0.3) is 0 Å². The molecule has 134 valence electrons. The van der Waals surface area contributed by atoms with E-state index in [-0.39, 0.29) is 30.3 Å². The molecule has 5 nitrogen and oxygen atoms in total. The van der Waals surface area contributed by atoms with E-state index < -0.39 is 0 Å². The van der Waals surface area contributed by atoms with Gasteiger partial charge in [0.1, 0.15) is 5.75 Å². The fraction of sp³-hybridized carbons (Fsp3) is 0.500. The van der Waals surface area contributed by atoms with Crippen molar-refractivity contribution in [3.05, 3.63) is 29.8 Å². The maximum Gasteiger partial charge on any atom is 0.226 e. The average molecular weight is 342 g/mol. The molecule has 1 aromatic rings. The van der Waals surface area contributed by atoms with Crippen molar-refractivity contribution in [3.8, 4) is 18.1 Å². The molecule has 1 aromatic carbocycles. The summed E-state index contributed by atoms with van der Waals surface area (Å²) in [6, 6.07) is 7.26. The van der Waals surface area contributed by atoms with Crippen LogP contribution in [-0.4, -0.2) is 36.9 Å². The molecular weight excluding hydrogens is 316 g/mol. The summed E-state index contributed by atoms with van der Waals surface area (Å²) >= 11 is 0. The van der Waals surface area contributed by atoms with Crippen molar-refractivity contribution in [1.29, 1.82) is 0 Å². The van der Waals surface area contributed by atoms with E-state index in [1.54, 1.807) is 7.11 Å². The van der Waals surface area contributed by atoms with Crippen LogP contribution in [0.5, 0.6) is 5.75 Å². The fourth-order valence-corrected chi connectivity index (χ4v) is 3.38. The molecule has 1 aliphatic rings. The highest BCUT2D eigenvalue weighted by molar-refractivity contribution is 5.85. The first-order chi connectivity index (χ1) is 12.1. The number of carbonyl (C=O) groups is 2. The lowest BCUT2D eigenvalue weighted by Gasteiger charge is -2.41. The highest BCUT2D eigenvalue weighted by Gasteiger charge is 2.41. The zero-order valence-electron chi connectivity index (χ0n) is 15.0. The van der Waals surface area contributed by atoms with Crippen LogP contribution in [0.1, 0.15) is 44.2 Å². The second kappa shape index (κ2) is 9.12. The van der Waals surface area contributed by atoms with Gasteiger partial charge < -0.3 is 15.0 Å². The molecule has 0 bridgehead atoms. The summed E-state index contributed by atoms with van der Waals surface area (Å²) in [6.07, 6.45) is 8.04. The Morgan fingerprint density at radius 3 is 2.88 bits per heavy atom. The van der Waals surface area contributed by atoms with Gasteiger partial charge in [0, 0.05) is 18.5 Å². The number of nitrogens with zero attached hydrogens (tertiary/aromatic N) is 1. The third-order valence-electron chi connectivity index (χ3n) is 4.62. The Morgan fingerprint density at radius 2 is 2.20 bits per heavy atom. The first kappa shape index (κ1) is 18.9. The van der Waals surface area contributed by atoms with Crippen LogP contribution in [0.25, 0.3) is 0 Å². The van der Waals surface area contributed by atoms with E-state index in [0.717, 1.165) is 18.4 Å². The number of benzene rings is 1. The van der Waals surface area contributed by atoms with Crippen molar-refractivity contribution in [2.45, 2.75) is 38.6 Å². The number of nitrogens with one attached hydrogen (secondary N) is 1. The summed E-state index contributed by atoms with van der Waals surface area (Å²) in [6.45, 7) is 2.91. The summed E-state index contributed by atoms with van der Waals surface area (Å²) in [5.74, 6) is 2.77. The van der Waals surface area contributed by atoms with Crippen LogP contribution in [0.4, 0.5) is 0 Å². The lowest BCUT2D eigenvalue weighted by molar-refractivity contribution is -0.143. The normalized spacial score (nSPS) is 20.0. The van der Waals surface area contributed by atoms with E-state index in [4.69, 9.17) is 11.2 Å². The zero-order valence-corrected chi connectivity index (χ0v) is 15.0. The van der Waals surface area contributed by atoms with Gasteiger partial charge in [0.15, 0.2) is 0 Å². The predicted molar refractivity (Wildman–Crippen MR) is 96.9 cm³/mol. The number of hydrogen-bond acceptors (Lipinski definition) is 3. The summed E-state index contributed by atoms with van der Waals surface area (Å²) < 4.78 is 5.49. The third-order valence-corrected chi connectivity index (χ3v) is 4.62. The van der Waals surface area contributed by atoms with Gasteiger partial charge in [0.05, 0.1) is 25.6 Å². The molecule has 0 saturated carbocycles. The number of unbranched alkanes of at least 4 members (excludes halogenated alkanes) is 1. The van der Waals surface area contributed by atoms with Gasteiger partial charge in [-0.2, -0.15) is 0 Å². The summed E-state index contributed by atoms with van der Waals surface area (Å²) in [4.78, 5) is 27.1. The van der Waals surface area contributed by atoms with Crippen LogP contribution in [0.2, 0.25) is 0 Å². The molecule has 25 heavy (non-hydrogen) atoms. The number of piperidine rings is 1. The Bertz CT molecular complexity index is 651. The number of amides is 2. The van der Waals surface area contributed by atoms with Gasteiger partial charge in [0.2, 0.25) is 11.8 Å². The second-order valence-electron chi connectivity index (χ2n) is 6.19. The molecule has 5 heteroatoms.